The molecule has 124 valence electrons. The number of anilines is 1. The summed E-state index contributed by atoms with van der Waals surface area (Å²) in [5, 5.41) is 13.8. The average molecular weight is 342 g/mol. The quantitative estimate of drug-likeness (QED) is 0.793. The summed E-state index contributed by atoms with van der Waals surface area (Å²) in [6.45, 7) is 4.28. The molecule has 2 aromatic heterocycles. The van der Waals surface area contributed by atoms with Gasteiger partial charge in [-0.05, 0) is 26.7 Å². The number of nitriles is 1. The van der Waals surface area contributed by atoms with Gasteiger partial charge >= 0.3 is 0 Å². The first-order valence-corrected chi connectivity index (χ1v) is 8.59. The van der Waals surface area contributed by atoms with Crippen molar-refractivity contribution < 1.29 is 4.79 Å². The molecule has 0 N–H and O–H groups in total. The summed E-state index contributed by atoms with van der Waals surface area (Å²) in [5.41, 5.74) is 1.92. The van der Waals surface area contributed by atoms with E-state index in [4.69, 9.17) is 0 Å². The predicted molar refractivity (Wildman–Crippen MR) is 90.7 cm³/mol. The summed E-state index contributed by atoms with van der Waals surface area (Å²) in [6.07, 6.45) is 5.21. The summed E-state index contributed by atoms with van der Waals surface area (Å²) >= 11 is 1.37. The second-order valence-corrected chi connectivity index (χ2v) is 6.95. The Morgan fingerprint density at radius 3 is 2.83 bits per heavy atom. The highest BCUT2D eigenvalue weighted by Crippen LogP contribution is 2.33. The maximum Gasteiger partial charge on any atom is 0.240 e. The summed E-state index contributed by atoms with van der Waals surface area (Å²) < 4.78 is 1.68. The minimum atomic E-state index is -0.250. The maximum absolute atomic E-state index is 12.9. The van der Waals surface area contributed by atoms with Gasteiger partial charge in [0.25, 0.3) is 0 Å². The van der Waals surface area contributed by atoms with Crippen LogP contribution in [0.5, 0.6) is 0 Å². The number of amides is 1. The first-order chi connectivity index (χ1) is 11.5. The van der Waals surface area contributed by atoms with Crippen LogP contribution in [0, 0.1) is 25.2 Å². The van der Waals surface area contributed by atoms with Gasteiger partial charge in [-0.1, -0.05) is 11.8 Å². The summed E-state index contributed by atoms with van der Waals surface area (Å²) in [7, 11) is 1.83. The Hall–Kier alpha value is -2.40. The number of thioether (sulfide) groups is 1. The van der Waals surface area contributed by atoms with Crippen molar-refractivity contribution in [3.63, 3.8) is 0 Å². The van der Waals surface area contributed by atoms with Crippen LogP contribution >= 0.6 is 11.8 Å². The Bertz CT molecular complexity index is 824. The average Bonchev–Trinajstić information content (AvgIpc) is 2.95. The normalized spacial score (nSPS) is 17.8. The Kier molecular flexibility index (Phi) is 4.53. The zero-order chi connectivity index (χ0) is 17.3. The number of nitrogens with zero attached hydrogens (tertiary/aromatic N) is 6. The van der Waals surface area contributed by atoms with Crippen LogP contribution < -0.4 is 4.90 Å². The number of carbonyl (C=O) groups is 1. The van der Waals surface area contributed by atoms with Crippen LogP contribution in [0.1, 0.15) is 29.9 Å². The van der Waals surface area contributed by atoms with E-state index >= 15 is 0 Å². The van der Waals surface area contributed by atoms with E-state index < -0.39 is 0 Å². The lowest BCUT2D eigenvalue weighted by molar-refractivity contribution is -0.119. The van der Waals surface area contributed by atoms with Crippen molar-refractivity contribution in [1.29, 1.82) is 5.26 Å². The van der Waals surface area contributed by atoms with Crippen molar-refractivity contribution in [3.05, 3.63) is 29.5 Å². The number of hydrogen-bond donors (Lipinski definition) is 0. The summed E-state index contributed by atoms with van der Waals surface area (Å²) in [5.74, 6) is 0.651. The van der Waals surface area contributed by atoms with Gasteiger partial charge in [-0.25, -0.2) is 9.97 Å². The lowest BCUT2D eigenvalue weighted by Crippen LogP contribution is -2.42. The number of aromatic nitrogens is 4. The van der Waals surface area contributed by atoms with E-state index in [0.29, 0.717) is 28.7 Å². The molecule has 0 radical (unpaired) electrons. The van der Waals surface area contributed by atoms with Crippen molar-refractivity contribution in [2.45, 2.75) is 37.0 Å². The molecule has 1 amide bonds. The van der Waals surface area contributed by atoms with Crippen molar-refractivity contribution in [2.24, 2.45) is 7.05 Å². The second kappa shape index (κ2) is 6.61. The van der Waals surface area contributed by atoms with Crippen LogP contribution in [-0.2, 0) is 11.8 Å². The van der Waals surface area contributed by atoms with E-state index in [1.165, 1.54) is 11.8 Å². The lowest BCUT2D eigenvalue weighted by atomic mass is 10.1. The number of hydrogen-bond acceptors (Lipinski definition) is 6. The first kappa shape index (κ1) is 16.5. The van der Waals surface area contributed by atoms with E-state index in [2.05, 4.69) is 21.1 Å². The smallest absolute Gasteiger partial charge is 0.240 e. The van der Waals surface area contributed by atoms with Crippen LogP contribution in [0.25, 0.3) is 0 Å². The molecule has 0 saturated carbocycles. The molecule has 0 unspecified atom stereocenters. The minimum absolute atomic E-state index is 0.0389. The van der Waals surface area contributed by atoms with Crippen molar-refractivity contribution >= 4 is 23.4 Å². The van der Waals surface area contributed by atoms with Gasteiger partial charge in [-0.3, -0.25) is 9.48 Å². The summed E-state index contributed by atoms with van der Waals surface area (Å²) in [4.78, 5) is 23.2. The Morgan fingerprint density at radius 2 is 2.17 bits per heavy atom. The maximum atomic E-state index is 12.9. The third-order valence-corrected chi connectivity index (χ3v) is 5.17. The van der Waals surface area contributed by atoms with Crippen LogP contribution in [0.2, 0.25) is 0 Å². The van der Waals surface area contributed by atoms with E-state index in [0.717, 1.165) is 18.5 Å². The zero-order valence-corrected chi connectivity index (χ0v) is 14.7. The Labute approximate surface area is 144 Å². The molecule has 24 heavy (non-hydrogen) atoms. The molecule has 3 rings (SSSR count). The third kappa shape index (κ3) is 3.12. The van der Waals surface area contributed by atoms with Gasteiger partial charge in [0.2, 0.25) is 5.91 Å². The highest BCUT2D eigenvalue weighted by molar-refractivity contribution is 8.00. The number of aryl methyl sites for hydroxylation is 3. The molecule has 0 bridgehead atoms. The largest absolute Gasteiger partial charge is 0.309 e. The van der Waals surface area contributed by atoms with Gasteiger partial charge in [0.1, 0.15) is 22.5 Å². The van der Waals surface area contributed by atoms with E-state index in [1.807, 2.05) is 13.2 Å². The molecule has 0 spiro atoms. The molecule has 0 aliphatic carbocycles. The first-order valence-electron chi connectivity index (χ1n) is 7.71. The molecular formula is C16H18N6OS. The van der Waals surface area contributed by atoms with E-state index in [9.17, 15) is 10.1 Å². The molecule has 1 atom stereocenters. The van der Waals surface area contributed by atoms with Gasteiger partial charge in [0, 0.05) is 19.8 Å². The van der Waals surface area contributed by atoms with E-state index in [-0.39, 0.29) is 11.2 Å². The fourth-order valence-electron chi connectivity index (χ4n) is 2.79. The van der Waals surface area contributed by atoms with Gasteiger partial charge in [-0.15, -0.1) is 0 Å². The molecule has 1 aliphatic rings. The summed E-state index contributed by atoms with van der Waals surface area (Å²) in [6, 6.07) is 2.16. The lowest BCUT2D eigenvalue weighted by Gasteiger charge is -2.30. The van der Waals surface area contributed by atoms with Gasteiger partial charge < -0.3 is 4.90 Å². The Morgan fingerprint density at radius 1 is 1.38 bits per heavy atom. The molecular weight excluding hydrogens is 324 g/mol. The van der Waals surface area contributed by atoms with Crippen molar-refractivity contribution in [2.75, 3.05) is 11.4 Å². The monoisotopic (exact) mass is 342 g/mol. The van der Waals surface area contributed by atoms with Crippen LogP contribution in [0.15, 0.2) is 17.4 Å². The molecule has 1 saturated heterocycles. The van der Waals surface area contributed by atoms with E-state index in [1.54, 1.807) is 29.6 Å². The van der Waals surface area contributed by atoms with Gasteiger partial charge in [0.05, 0.1) is 22.8 Å². The molecule has 1 aliphatic heterocycles. The number of rotatable bonds is 3. The predicted octanol–water partition coefficient (Wildman–Crippen LogP) is 1.99. The molecule has 7 nitrogen and oxygen atoms in total. The fraction of sp³-hybridized carbons (Fsp3) is 0.438. The minimum Gasteiger partial charge on any atom is -0.309 e. The van der Waals surface area contributed by atoms with Crippen LogP contribution in [0.3, 0.4) is 0 Å². The van der Waals surface area contributed by atoms with Gasteiger partial charge in [-0.2, -0.15) is 10.4 Å². The van der Waals surface area contributed by atoms with Crippen molar-refractivity contribution in [3.8, 4) is 6.07 Å². The van der Waals surface area contributed by atoms with Crippen molar-refractivity contribution in [1.82, 2.24) is 19.7 Å². The molecule has 0 aromatic carbocycles. The van der Waals surface area contributed by atoms with Crippen LogP contribution in [-0.4, -0.2) is 37.5 Å². The highest BCUT2D eigenvalue weighted by Gasteiger charge is 2.32. The molecule has 2 aromatic rings. The van der Waals surface area contributed by atoms with Crippen LogP contribution in [0.4, 0.5) is 5.69 Å². The number of carbonyl (C=O) groups excluding carboxylic acids is 1. The number of piperidine rings is 1. The second-order valence-electron chi connectivity index (χ2n) is 5.76. The standard InChI is InChI=1S/C16H18N6OS/c1-10-13(7-17)15(20-11(2)19-10)24-14-5-4-6-22(16(14)23)12-8-18-21(3)9-12/h8-9,14H,4-6H2,1-3H3/t14-/m0/s1. The zero-order valence-electron chi connectivity index (χ0n) is 13.9. The SMILES string of the molecule is Cc1nc(C)c(C#N)c(S[C@H]2CCCN(c3cnn(C)c3)C2=O)n1. The van der Waals surface area contributed by atoms with Gasteiger partial charge in [0.15, 0.2) is 0 Å². The molecule has 8 heteroatoms. The third-order valence-electron chi connectivity index (χ3n) is 3.93. The Balaban J connectivity index is 1.86. The molecule has 3 heterocycles. The highest BCUT2D eigenvalue weighted by atomic mass is 32.2. The molecule has 1 fully saturated rings. The fourth-order valence-corrected chi connectivity index (χ4v) is 4.06. The topological polar surface area (TPSA) is 87.7 Å².